The lowest BCUT2D eigenvalue weighted by Crippen LogP contribution is -2.30. The SMILES string of the molecule is CCN(CC)C(=O)c1ccc(C(=C2CCNCC2)c2cccc(NC(C)C3CCCCC3)c2)cc1. The molecule has 2 N–H and O–H groups in total. The Labute approximate surface area is 212 Å². The number of nitrogens with zero attached hydrogens (tertiary/aromatic N) is 1. The predicted molar refractivity (Wildman–Crippen MR) is 148 cm³/mol. The summed E-state index contributed by atoms with van der Waals surface area (Å²) in [6.07, 6.45) is 8.94. The van der Waals surface area contributed by atoms with Crippen molar-refractivity contribution in [1.29, 1.82) is 0 Å². The highest BCUT2D eigenvalue weighted by Gasteiger charge is 2.21. The van der Waals surface area contributed by atoms with Gasteiger partial charge in [0.1, 0.15) is 0 Å². The maximum Gasteiger partial charge on any atom is 0.253 e. The van der Waals surface area contributed by atoms with Crippen LogP contribution in [-0.2, 0) is 0 Å². The molecule has 4 nitrogen and oxygen atoms in total. The molecule has 0 spiro atoms. The number of nitrogens with one attached hydrogen (secondary N) is 2. The Balaban J connectivity index is 1.62. The van der Waals surface area contributed by atoms with E-state index in [2.05, 4.69) is 54.0 Å². The fourth-order valence-corrected chi connectivity index (χ4v) is 5.81. The Morgan fingerprint density at radius 1 is 0.943 bits per heavy atom. The summed E-state index contributed by atoms with van der Waals surface area (Å²) >= 11 is 0. The zero-order chi connectivity index (χ0) is 24.6. The van der Waals surface area contributed by atoms with E-state index in [1.807, 2.05) is 30.9 Å². The topological polar surface area (TPSA) is 44.4 Å². The fourth-order valence-electron chi connectivity index (χ4n) is 5.81. The minimum absolute atomic E-state index is 0.112. The van der Waals surface area contributed by atoms with Gasteiger partial charge in [-0.05, 0) is 106 Å². The molecule has 1 saturated heterocycles. The van der Waals surface area contributed by atoms with E-state index in [9.17, 15) is 4.79 Å². The second-order valence-corrected chi connectivity index (χ2v) is 10.2. The highest BCUT2D eigenvalue weighted by Crippen LogP contribution is 2.34. The van der Waals surface area contributed by atoms with E-state index >= 15 is 0 Å². The first-order chi connectivity index (χ1) is 17.1. The average Bonchev–Trinajstić information content (AvgIpc) is 2.91. The maximum atomic E-state index is 12.8. The van der Waals surface area contributed by atoms with E-state index in [-0.39, 0.29) is 5.91 Å². The number of anilines is 1. The molecule has 1 heterocycles. The smallest absolute Gasteiger partial charge is 0.253 e. The maximum absolute atomic E-state index is 12.8. The van der Waals surface area contributed by atoms with E-state index in [4.69, 9.17) is 0 Å². The van der Waals surface area contributed by atoms with Crippen molar-refractivity contribution in [2.45, 2.75) is 71.8 Å². The van der Waals surface area contributed by atoms with Crippen molar-refractivity contribution in [2.24, 2.45) is 5.92 Å². The van der Waals surface area contributed by atoms with Gasteiger partial charge in [-0.15, -0.1) is 0 Å². The zero-order valence-corrected chi connectivity index (χ0v) is 21.9. The third-order valence-corrected chi connectivity index (χ3v) is 7.93. The number of hydrogen-bond donors (Lipinski definition) is 2. The molecule has 4 heteroatoms. The Kier molecular flexibility index (Phi) is 9.03. The molecular weight excluding hydrogens is 430 g/mol. The number of carbonyl (C=O) groups is 1. The Bertz CT molecular complexity index is 992. The molecule has 1 atom stereocenters. The van der Waals surface area contributed by atoms with Crippen LogP contribution in [0.25, 0.3) is 5.57 Å². The van der Waals surface area contributed by atoms with Crippen LogP contribution in [0.15, 0.2) is 54.1 Å². The minimum Gasteiger partial charge on any atom is -0.382 e. The minimum atomic E-state index is 0.112. The van der Waals surface area contributed by atoms with Gasteiger partial charge in [0.2, 0.25) is 0 Å². The van der Waals surface area contributed by atoms with Gasteiger partial charge in [0.25, 0.3) is 5.91 Å². The summed E-state index contributed by atoms with van der Waals surface area (Å²) in [6.45, 7) is 9.93. The number of hydrogen-bond acceptors (Lipinski definition) is 3. The molecule has 0 radical (unpaired) electrons. The zero-order valence-electron chi connectivity index (χ0n) is 21.9. The molecule has 2 aromatic carbocycles. The average molecular weight is 474 g/mol. The molecular formula is C31H43N3O. The van der Waals surface area contributed by atoms with E-state index < -0.39 is 0 Å². The fraction of sp³-hybridized carbons (Fsp3) is 0.516. The van der Waals surface area contributed by atoms with Crippen LogP contribution in [0.4, 0.5) is 5.69 Å². The Morgan fingerprint density at radius 2 is 1.60 bits per heavy atom. The first kappa shape index (κ1) is 25.5. The van der Waals surface area contributed by atoms with Gasteiger partial charge in [0.15, 0.2) is 0 Å². The van der Waals surface area contributed by atoms with E-state index in [0.29, 0.717) is 6.04 Å². The molecule has 1 aliphatic heterocycles. The molecule has 2 aliphatic rings. The van der Waals surface area contributed by atoms with E-state index in [0.717, 1.165) is 50.5 Å². The molecule has 0 bridgehead atoms. The van der Waals surface area contributed by atoms with Crippen molar-refractivity contribution >= 4 is 17.2 Å². The second-order valence-electron chi connectivity index (χ2n) is 10.2. The van der Waals surface area contributed by atoms with Gasteiger partial charge in [-0.3, -0.25) is 4.79 Å². The monoisotopic (exact) mass is 473 g/mol. The third kappa shape index (κ3) is 6.35. The number of piperidine rings is 1. The summed E-state index contributed by atoms with van der Waals surface area (Å²) in [7, 11) is 0. The van der Waals surface area contributed by atoms with Crippen molar-refractivity contribution in [3.8, 4) is 0 Å². The van der Waals surface area contributed by atoms with Crippen molar-refractivity contribution in [3.63, 3.8) is 0 Å². The van der Waals surface area contributed by atoms with Gasteiger partial charge in [-0.25, -0.2) is 0 Å². The normalized spacial score (nSPS) is 17.6. The van der Waals surface area contributed by atoms with Gasteiger partial charge in [0.05, 0.1) is 0 Å². The summed E-state index contributed by atoms with van der Waals surface area (Å²) in [5.74, 6) is 0.881. The first-order valence-electron chi connectivity index (χ1n) is 13.8. The number of benzene rings is 2. The van der Waals surface area contributed by atoms with Gasteiger partial charge in [0, 0.05) is 30.4 Å². The van der Waals surface area contributed by atoms with Crippen molar-refractivity contribution < 1.29 is 4.79 Å². The van der Waals surface area contributed by atoms with Gasteiger partial charge in [-0.2, -0.15) is 0 Å². The van der Waals surface area contributed by atoms with E-state index in [1.165, 1.54) is 60.1 Å². The van der Waals surface area contributed by atoms with Gasteiger partial charge >= 0.3 is 0 Å². The lowest BCUT2D eigenvalue weighted by molar-refractivity contribution is 0.0773. The van der Waals surface area contributed by atoms with Crippen LogP contribution in [-0.4, -0.2) is 43.0 Å². The number of carbonyl (C=O) groups excluding carboxylic acids is 1. The molecule has 2 aromatic rings. The lowest BCUT2D eigenvalue weighted by Gasteiger charge is -2.29. The highest BCUT2D eigenvalue weighted by atomic mass is 16.2. The Morgan fingerprint density at radius 3 is 2.26 bits per heavy atom. The highest BCUT2D eigenvalue weighted by molar-refractivity contribution is 5.95. The van der Waals surface area contributed by atoms with E-state index in [1.54, 1.807) is 0 Å². The molecule has 188 valence electrons. The van der Waals surface area contributed by atoms with Crippen molar-refractivity contribution in [1.82, 2.24) is 10.2 Å². The Hall–Kier alpha value is -2.59. The van der Waals surface area contributed by atoms with Crippen LogP contribution in [0.5, 0.6) is 0 Å². The standard InChI is InChI=1S/C31H43N3O/c1-4-34(5-2)31(35)27-16-14-25(15-17-27)30(26-18-20-32-21-19-26)28-12-9-13-29(22-28)33-23(3)24-10-7-6-8-11-24/h9,12-17,22-24,32-33H,4-8,10-11,18-21H2,1-3H3. The third-order valence-electron chi connectivity index (χ3n) is 7.93. The van der Waals surface area contributed by atoms with Crippen LogP contribution in [0.2, 0.25) is 0 Å². The van der Waals surface area contributed by atoms with Crippen LogP contribution in [0.3, 0.4) is 0 Å². The molecule has 35 heavy (non-hydrogen) atoms. The number of rotatable bonds is 8. The lowest BCUT2D eigenvalue weighted by atomic mass is 9.84. The van der Waals surface area contributed by atoms with Crippen LogP contribution in [0.1, 0.15) is 87.2 Å². The van der Waals surface area contributed by atoms with Crippen LogP contribution >= 0.6 is 0 Å². The molecule has 1 unspecified atom stereocenters. The largest absolute Gasteiger partial charge is 0.382 e. The summed E-state index contributed by atoms with van der Waals surface area (Å²) in [5, 5.41) is 7.32. The van der Waals surface area contributed by atoms with Gasteiger partial charge < -0.3 is 15.5 Å². The molecule has 2 fully saturated rings. The predicted octanol–water partition coefficient (Wildman–Crippen LogP) is 6.73. The molecule has 1 saturated carbocycles. The van der Waals surface area contributed by atoms with Crippen molar-refractivity contribution in [3.05, 3.63) is 70.8 Å². The molecule has 4 rings (SSSR count). The first-order valence-corrected chi connectivity index (χ1v) is 13.8. The van der Waals surface area contributed by atoms with Gasteiger partial charge in [-0.1, -0.05) is 49.1 Å². The van der Waals surface area contributed by atoms with Crippen LogP contribution < -0.4 is 10.6 Å². The second kappa shape index (κ2) is 12.4. The number of amides is 1. The summed E-state index contributed by atoms with van der Waals surface area (Å²) in [5.41, 5.74) is 7.29. The summed E-state index contributed by atoms with van der Waals surface area (Å²) in [6, 6.07) is 17.8. The quantitative estimate of drug-likeness (QED) is 0.446. The molecule has 1 amide bonds. The molecule has 0 aromatic heterocycles. The molecule has 1 aliphatic carbocycles. The van der Waals surface area contributed by atoms with Crippen LogP contribution in [0, 0.1) is 5.92 Å². The summed E-state index contributed by atoms with van der Waals surface area (Å²) < 4.78 is 0. The summed E-state index contributed by atoms with van der Waals surface area (Å²) in [4.78, 5) is 14.7. The van der Waals surface area contributed by atoms with Crippen molar-refractivity contribution in [2.75, 3.05) is 31.5 Å².